The highest BCUT2D eigenvalue weighted by Gasteiger charge is 2.16. The number of methoxy groups -OCH3 is 1. The third-order valence-electron chi connectivity index (χ3n) is 5.11. The first-order valence-electron chi connectivity index (χ1n) is 10.9. The van der Waals surface area contributed by atoms with Gasteiger partial charge in [-0.1, -0.05) is 25.6 Å². The van der Waals surface area contributed by atoms with Crippen molar-refractivity contribution in [3.63, 3.8) is 0 Å². The highest BCUT2D eigenvalue weighted by molar-refractivity contribution is 14.1. The van der Waals surface area contributed by atoms with Crippen LogP contribution >= 0.6 is 34.4 Å². The van der Waals surface area contributed by atoms with Crippen LogP contribution in [0.15, 0.2) is 47.6 Å². The number of anilines is 1. The molecule has 180 valence electrons. The van der Waals surface area contributed by atoms with Gasteiger partial charge in [-0.2, -0.15) is 0 Å². The highest BCUT2D eigenvalue weighted by atomic mass is 127. The van der Waals surface area contributed by atoms with Gasteiger partial charge in [0.25, 0.3) is 5.91 Å². The Bertz CT molecular complexity index is 1150. The summed E-state index contributed by atoms with van der Waals surface area (Å²) in [5.41, 5.74) is 2.47. The van der Waals surface area contributed by atoms with Crippen molar-refractivity contribution >= 4 is 51.9 Å². The maximum atomic E-state index is 12.6. The van der Waals surface area contributed by atoms with E-state index in [1.165, 1.54) is 11.8 Å². The van der Waals surface area contributed by atoms with Gasteiger partial charge in [0.05, 0.1) is 19.4 Å². The zero-order valence-corrected chi connectivity index (χ0v) is 22.6. The van der Waals surface area contributed by atoms with Gasteiger partial charge in [-0.05, 0) is 83.5 Å². The van der Waals surface area contributed by atoms with Crippen molar-refractivity contribution in [2.24, 2.45) is 0 Å². The van der Waals surface area contributed by atoms with Gasteiger partial charge >= 0.3 is 0 Å². The number of thioether (sulfide) groups is 1. The van der Waals surface area contributed by atoms with Crippen LogP contribution in [-0.4, -0.2) is 39.4 Å². The van der Waals surface area contributed by atoms with Crippen LogP contribution in [0.2, 0.25) is 0 Å². The molecule has 0 aliphatic carbocycles. The average molecular weight is 593 g/mol. The molecule has 0 aliphatic rings. The Morgan fingerprint density at radius 2 is 1.88 bits per heavy atom. The van der Waals surface area contributed by atoms with Crippen LogP contribution in [0.5, 0.6) is 5.75 Å². The van der Waals surface area contributed by atoms with Crippen molar-refractivity contribution < 1.29 is 14.3 Å². The summed E-state index contributed by atoms with van der Waals surface area (Å²) in [6, 6.07) is 12.9. The maximum Gasteiger partial charge on any atom is 0.251 e. The molecule has 34 heavy (non-hydrogen) atoms. The maximum absolute atomic E-state index is 12.6. The lowest BCUT2D eigenvalue weighted by Crippen LogP contribution is -2.24. The van der Waals surface area contributed by atoms with E-state index in [0.29, 0.717) is 34.8 Å². The van der Waals surface area contributed by atoms with Gasteiger partial charge in [0.1, 0.15) is 5.75 Å². The minimum absolute atomic E-state index is 0.104. The van der Waals surface area contributed by atoms with E-state index in [2.05, 4.69) is 63.3 Å². The van der Waals surface area contributed by atoms with E-state index in [1.807, 2.05) is 23.6 Å². The standard InChI is InChI=1S/C24H28IN5O3S/c1-5-30-21(13-26-23(32)16-6-9-18(33-4)10-7-16)28-29-24(30)34-14-22(31)27-20-11-8-17(25)12-19(20)15(2)3/h6-12,15H,5,13-14H2,1-4H3,(H,26,32)(H,27,31). The zero-order chi connectivity index (χ0) is 24.7. The third kappa shape index (κ3) is 6.72. The summed E-state index contributed by atoms with van der Waals surface area (Å²) < 4.78 is 8.16. The van der Waals surface area contributed by atoms with Crippen molar-refractivity contribution in [1.29, 1.82) is 0 Å². The Morgan fingerprint density at radius 3 is 2.53 bits per heavy atom. The van der Waals surface area contributed by atoms with Gasteiger partial charge in [0.2, 0.25) is 5.91 Å². The quantitative estimate of drug-likeness (QED) is 0.262. The van der Waals surface area contributed by atoms with E-state index in [9.17, 15) is 9.59 Å². The first kappa shape index (κ1) is 26.0. The van der Waals surface area contributed by atoms with Crippen LogP contribution in [0.3, 0.4) is 0 Å². The van der Waals surface area contributed by atoms with Crippen LogP contribution in [0.1, 0.15) is 48.4 Å². The predicted octanol–water partition coefficient (Wildman–Crippen LogP) is 4.70. The van der Waals surface area contributed by atoms with Crippen molar-refractivity contribution in [1.82, 2.24) is 20.1 Å². The summed E-state index contributed by atoms with van der Waals surface area (Å²) in [7, 11) is 1.58. The largest absolute Gasteiger partial charge is 0.497 e. The highest BCUT2D eigenvalue weighted by Crippen LogP contribution is 2.27. The first-order chi connectivity index (χ1) is 16.3. The van der Waals surface area contributed by atoms with Crippen LogP contribution in [0.4, 0.5) is 5.69 Å². The molecule has 2 aromatic carbocycles. The molecular formula is C24H28IN5O3S. The number of hydrogen-bond acceptors (Lipinski definition) is 6. The molecule has 0 bridgehead atoms. The number of carbonyl (C=O) groups is 2. The SMILES string of the molecule is CCn1c(CNC(=O)c2ccc(OC)cc2)nnc1SCC(=O)Nc1ccc(I)cc1C(C)C. The van der Waals surface area contributed by atoms with E-state index in [-0.39, 0.29) is 24.1 Å². The Morgan fingerprint density at radius 1 is 1.15 bits per heavy atom. The fourth-order valence-corrected chi connectivity index (χ4v) is 4.66. The lowest BCUT2D eigenvalue weighted by atomic mass is 10.0. The molecule has 0 spiro atoms. The Kier molecular flexibility index (Phi) is 9.34. The molecule has 0 saturated carbocycles. The van der Waals surface area contributed by atoms with E-state index < -0.39 is 0 Å². The molecule has 8 nitrogen and oxygen atoms in total. The van der Waals surface area contributed by atoms with Crippen molar-refractivity contribution in [3.8, 4) is 5.75 Å². The smallest absolute Gasteiger partial charge is 0.251 e. The fourth-order valence-electron chi connectivity index (χ4n) is 3.32. The molecule has 1 aromatic heterocycles. The van der Waals surface area contributed by atoms with Crippen molar-refractivity contribution in [2.45, 2.75) is 44.9 Å². The lowest BCUT2D eigenvalue weighted by molar-refractivity contribution is -0.113. The monoisotopic (exact) mass is 593 g/mol. The number of aromatic nitrogens is 3. The van der Waals surface area contributed by atoms with Crippen molar-refractivity contribution in [2.75, 3.05) is 18.2 Å². The molecule has 0 radical (unpaired) electrons. The molecular weight excluding hydrogens is 565 g/mol. The van der Waals surface area contributed by atoms with E-state index >= 15 is 0 Å². The van der Waals surface area contributed by atoms with Gasteiger partial charge in [-0.25, -0.2) is 0 Å². The number of carbonyl (C=O) groups excluding carboxylic acids is 2. The zero-order valence-electron chi connectivity index (χ0n) is 19.6. The summed E-state index contributed by atoms with van der Waals surface area (Å²) in [6.45, 7) is 7.05. The number of amides is 2. The van der Waals surface area contributed by atoms with Gasteiger partial charge < -0.3 is 19.9 Å². The van der Waals surface area contributed by atoms with Crippen molar-refractivity contribution in [3.05, 3.63) is 63.0 Å². The normalized spacial score (nSPS) is 10.9. The molecule has 0 atom stereocenters. The topological polar surface area (TPSA) is 98.1 Å². The average Bonchev–Trinajstić information content (AvgIpc) is 3.24. The first-order valence-corrected chi connectivity index (χ1v) is 12.9. The number of halogens is 1. The summed E-state index contributed by atoms with van der Waals surface area (Å²) in [5.74, 6) is 1.52. The number of hydrogen-bond donors (Lipinski definition) is 2. The summed E-state index contributed by atoms with van der Waals surface area (Å²) in [5, 5.41) is 15.0. The van der Waals surface area contributed by atoms with Gasteiger partial charge in [0, 0.05) is 21.4 Å². The summed E-state index contributed by atoms with van der Waals surface area (Å²) >= 11 is 3.60. The van der Waals surface area contributed by atoms with E-state index in [1.54, 1.807) is 31.4 Å². The second-order valence-electron chi connectivity index (χ2n) is 7.78. The van der Waals surface area contributed by atoms with Crippen LogP contribution in [0, 0.1) is 3.57 Å². The Balaban J connectivity index is 1.58. The number of nitrogens with zero attached hydrogens (tertiary/aromatic N) is 3. The molecule has 2 N–H and O–H groups in total. The minimum atomic E-state index is -0.208. The van der Waals surface area contributed by atoms with Gasteiger partial charge in [0.15, 0.2) is 11.0 Å². The molecule has 0 fully saturated rings. The molecule has 0 aliphatic heterocycles. The molecule has 3 aromatic rings. The fraction of sp³-hybridized carbons (Fsp3) is 0.333. The molecule has 0 unspecified atom stereocenters. The van der Waals surface area contributed by atoms with Gasteiger partial charge in [-0.15, -0.1) is 10.2 Å². The van der Waals surface area contributed by atoms with Crippen LogP contribution in [0.25, 0.3) is 0 Å². The third-order valence-corrected chi connectivity index (χ3v) is 6.75. The van der Waals surface area contributed by atoms with Crippen LogP contribution in [-0.2, 0) is 17.9 Å². The minimum Gasteiger partial charge on any atom is -0.497 e. The van der Waals surface area contributed by atoms with E-state index in [0.717, 1.165) is 14.8 Å². The molecule has 3 rings (SSSR count). The van der Waals surface area contributed by atoms with E-state index in [4.69, 9.17) is 4.74 Å². The predicted molar refractivity (Wildman–Crippen MR) is 142 cm³/mol. The molecule has 10 heteroatoms. The second-order valence-corrected chi connectivity index (χ2v) is 9.97. The number of rotatable bonds is 10. The lowest BCUT2D eigenvalue weighted by Gasteiger charge is -2.14. The number of ether oxygens (including phenoxy) is 1. The number of benzene rings is 2. The summed E-state index contributed by atoms with van der Waals surface area (Å²) in [6.07, 6.45) is 0. The Hall–Kier alpha value is -2.60. The van der Waals surface area contributed by atoms with Crippen LogP contribution < -0.4 is 15.4 Å². The molecule has 1 heterocycles. The number of nitrogens with one attached hydrogen (secondary N) is 2. The molecule has 0 saturated heterocycles. The second kappa shape index (κ2) is 12.2. The molecule has 2 amide bonds. The van der Waals surface area contributed by atoms with Gasteiger partial charge in [-0.3, -0.25) is 9.59 Å². The summed E-state index contributed by atoms with van der Waals surface area (Å²) in [4.78, 5) is 25.1. The Labute approximate surface area is 217 Å².